The van der Waals surface area contributed by atoms with E-state index in [0.29, 0.717) is 5.92 Å². The average molecular weight is 208 g/mol. The molecule has 0 radical (unpaired) electrons. The molecule has 1 fully saturated rings. The second-order valence-corrected chi connectivity index (χ2v) is 3.98. The molecule has 0 aromatic heterocycles. The molecule has 1 aliphatic rings. The van der Waals surface area contributed by atoms with Gasteiger partial charge in [-0.25, -0.2) is 0 Å². The van der Waals surface area contributed by atoms with E-state index < -0.39 is 0 Å². The van der Waals surface area contributed by atoms with E-state index in [0.717, 1.165) is 6.42 Å². The second-order valence-electron chi connectivity index (χ2n) is 3.98. The van der Waals surface area contributed by atoms with Crippen molar-refractivity contribution in [2.45, 2.75) is 58.5 Å². The third-order valence-electron chi connectivity index (χ3n) is 2.84. The Balaban J connectivity index is 0. The van der Waals surface area contributed by atoms with Crippen LogP contribution in [0, 0.1) is 5.92 Å². The first-order chi connectivity index (χ1) is 6.24. The van der Waals surface area contributed by atoms with E-state index in [4.69, 9.17) is 4.74 Å². The van der Waals surface area contributed by atoms with Gasteiger partial charge in [-0.2, -0.15) is 0 Å². The minimum Gasteiger partial charge on any atom is -1.00 e. The molecule has 0 saturated heterocycles. The van der Waals surface area contributed by atoms with Crippen LogP contribution in [0.5, 0.6) is 0 Å². The van der Waals surface area contributed by atoms with Crippen molar-refractivity contribution in [2.24, 2.45) is 5.92 Å². The molecule has 3 heteroatoms. The van der Waals surface area contributed by atoms with Gasteiger partial charge in [0.2, 0.25) is 0 Å². The van der Waals surface area contributed by atoms with Crippen molar-refractivity contribution >= 4 is 5.97 Å². The second kappa shape index (κ2) is 7.72. The summed E-state index contributed by atoms with van der Waals surface area (Å²) in [6.07, 6.45) is 7.69. The van der Waals surface area contributed by atoms with Crippen LogP contribution >= 0.6 is 0 Å². The predicted molar refractivity (Wildman–Crippen MR) is 53.5 cm³/mol. The van der Waals surface area contributed by atoms with Crippen LogP contribution in [0.2, 0.25) is 0 Å². The Kier molecular flexibility index (Phi) is 7.98. The van der Waals surface area contributed by atoms with Crippen LogP contribution in [0.1, 0.15) is 53.8 Å². The summed E-state index contributed by atoms with van der Waals surface area (Å²) in [7, 11) is 0. The summed E-state index contributed by atoms with van der Waals surface area (Å²) in [6.45, 7) is 3.71. The summed E-state index contributed by atoms with van der Waals surface area (Å²) in [6, 6.07) is 0. The average Bonchev–Trinajstić information content (AvgIpc) is 2.06. The maximum atomic E-state index is 10.7. The van der Waals surface area contributed by atoms with Gasteiger partial charge in [-0.05, 0) is 25.2 Å². The summed E-state index contributed by atoms with van der Waals surface area (Å²) < 4.78 is 5.19. The van der Waals surface area contributed by atoms with E-state index in [-0.39, 0.29) is 43.1 Å². The van der Waals surface area contributed by atoms with Crippen LogP contribution in [0.25, 0.3) is 0 Å². The van der Waals surface area contributed by atoms with Gasteiger partial charge in [0.05, 0.1) is 0 Å². The molecule has 1 rings (SSSR count). The Hall–Kier alpha value is 0.470. The maximum absolute atomic E-state index is 10.7. The Morgan fingerprint density at radius 2 is 2.14 bits per heavy atom. The molecule has 0 aromatic carbocycles. The van der Waals surface area contributed by atoms with E-state index in [1.165, 1.54) is 39.0 Å². The van der Waals surface area contributed by atoms with Gasteiger partial charge in [0.25, 0.3) is 0 Å². The summed E-state index contributed by atoms with van der Waals surface area (Å²) in [4.78, 5) is 10.7. The van der Waals surface area contributed by atoms with Crippen molar-refractivity contribution in [1.29, 1.82) is 0 Å². The third-order valence-corrected chi connectivity index (χ3v) is 2.84. The summed E-state index contributed by atoms with van der Waals surface area (Å²) >= 11 is 0. The Bertz CT molecular complexity index is 176. The molecule has 0 aliphatic heterocycles. The first-order valence-corrected chi connectivity index (χ1v) is 5.41. The van der Waals surface area contributed by atoms with E-state index in [2.05, 4.69) is 6.92 Å². The topological polar surface area (TPSA) is 26.3 Å². The van der Waals surface area contributed by atoms with Crippen LogP contribution in [0.4, 0.5) is 0 Å². The quantitative estimate of drug-likeness (QED) is 0.362. The molecule has 0 aromatic rings. The molecule has 1 aliphatic carbocycles. The molecular weight excluding hydrogens is 187 g/mol. The molecule has 14 heavy (non-hydrogen) atoms. The van der Waals surface area contributed by atoms with Gasteiger partial charge in [-0.15, -0.1) is 0 Å². The number of rotatable bonds is 5. The number of carbonyl (C=O) groups is 1. The minimum atomic E-state index is -0.120. The van der Waals surface area contributed by atoms with E-state index >= 15 is 0 Å². The van der Waals surface area contributed by atoms with Gasteiger partial charge in [0, 0.05) is 6.92 Å². The van der Waals surface area contributed by atoms with Gasteiger partial charge < -0.3 is 6.16 Å². The van der Waals surface area contributed by atoms with Crippen molar-refractivity contribution in [2.75, 3.05) is 0 Å². The normalized spacial score (nSPS) is 24.7. The first-order valence-electron chi connectivity index (χ1n) is 5.41. The molecule has 2 atom stereocenters. The van der Waals surface area contributed by atoms with Gasteiger partial charge >= 0.3 is 35.5 Å². The fraction of sp³-hybridized carbons (Fsp3) is 0.909. The van der Waals surface area contributed by atoms with Gasteiger partial charge in [0.15, 0.2) is 0 Å². The molecule has 2 unspecified atom stereocenters. The van der Waals surface area contributed by atoms with Gasteiger partial charge in [0.1, 0.15) is 6.10 Å². The zero-order valence-corrected chi connectivity index (χ0v) is 11.7. The fourth-order valence-electron chi connectivity index (χ4n) is 1.89. The molecule has 78 valence electrons. The van der Waals surface area contributed by atoms with Crippen LogP contribution in [-0.2, 0) is 9.53 Å². The number of carbonyl (C=O) groups excluding carboxylic acids is 1. The van der Waals surface area contributed by atoms with Crippen LogP contribution in [-0.4, -0.2) is 12.1 Å². The monoisotopic (exact) mass is 208 g/mol. The standard InChI is InChI=1S/C11H20O2.Na.H/c1-3-4-5-6-10-7-8-11(10)13-9(2)12;;/h10-11H,3-8H2,1-2H3;;/q;+1;-1. The maximum Gasteiger partial charge on any atom is 1.00 e. The molecule has 0 spiro atoms. The molecule has 0 bridgehead atoms. The third kappa shape index (κ3) is 4.81. The number of hydrogen-bond acceptors (Lipinski definition) is 2. The molecule has 2 nitrogen and oxygen atoms in total. The van der Waals surface area contributed by atoms with Crippen LogP contribution < -0.4 is 29.6 Å². The first kappa shape index (κ1) is 14.5. The molecular formula is C11H21NaO2. The Morgan fingerprint density at radius 1 is 1.43 bits per heavy atom. The smallest absolute Gasteiger partial charge is 1.00 e. The van der Waals surface area contributed by atoms with Crippen molar-refractivity contribution < 1.29 is 40.5 Å². The summed E-state index contributed by atoms with van der Waals surface area (Å²) in [5.41, 5.74) is 0. The zero-order chi connectivity index (χ0) is 9.68. The van der Waals surface area contributed by atoms with E-state index in [1.807, 2.05) is 0 Å². The van der Waals surface area contributed by atoms with Gasteiger partial charge in [-0.1, -0.05) is 26.2 Å². The Morgan fingerprint density at radius 3 is 2.57 bits per heavy atom. The van der Waals surface area contributed by atoms with E-state index in [1.54, 1.807) is 0 Å². The molecule has 1 saturated carbocycles. The van der Waals surface area contributed by atoms with Crippen molar-refractivity contribution in [1.82, 2.24) is 0 Å². The minimum absolute atomic E-state index is 0. The fourth-order valence-corrected chi connectivity index (χ4v) is 1.89. The molecule has 0 N–H and O–H groups in total. The van der Waals surface area contributed by atoms with Crippen LogP contribution in [0.15, 0.2) is 0 Å². The summed E-state index contributed by atoms with van der Waals surface area (Å²) in [5, 5.41) is 0. The van der Waals surface area contributed by atoms with Crippen molar-refractivity contribution in [3.05, 3.63) is 0 Å². The summed E-state index contributed by atoms with van der Waals surface area (Å²) in [5.74, 6) is 0.542. The number of esters is 1. The molecule has 0 amide bonds. The van der Waals surface area contributed by atoms with E-state index in [9.17, 15) is 4.79 Å². The SMILES string of the molecule is CCCCCC1CCC1OC(C)=O.[H-].[Na+]. The largest absolute Gasteiger partial charge is 1.00 e. The molecule has 0 heterocycles. The Labute approximate surface area is 111 Å². The number of hydrogen-bond donors (Lipinski definition) is 0. The zero-order valence-electron chi connectivity index (χ0n) is 10.7. The van der Waals surface area contributed by atoms with Gasteiger partial charge in [-0.3, -0.25) is 4.79 Å². The van der Waals surface area contributed by atoms with Crippen LogP contribution in [0.3, 0.4) is 0 Å². The number of ether oxygens (including phenoxy) is 1. The number of unbranched alkanes of at least 4 members (excludes halogenated alkanes) is 2. The van der Waals surface area contributed by atoms with Crippen molar-refractivity contribution in [3.8, 4) is 0 Å². The van der Waals surface area contributed by atoms with Crippen molar-refractivity contribution in [3.63, 3.8) is 0 Å². The predicted octanol–water partition coefficient (Wildman–Crippen LogP) is 0.0249.